The molecule has 0 atom stereocenters. The lowest BCUT2D eigenvalue weighted by atomic mass is 10.3. The van der Waals surface area contributed by atoms with Crippen molar-refractivity contribution in [1.29, 1.82) is 0 Å². The van der Waals surface area contributed by atoms with Crippen molar-refractivity contribution in [3.8, 4) is 5.75 Å². The molecule has 0 aliphatic heterocycles. The van der Waals surface area contributed by atoms with Crippen LogP contribution in [0.5, 0.6) is 5.75 Å². The molecule has 2 aromatic carbocycles. The van der Waals surface area contributed by atoms with Crippen molar-refractivity contribution in [3.05, 3.63) is 60.9 Å². The maximum absolute atomic E-state index is 5.11. The molecule has 0 fully saturated rings. The van der Waals surface area contributed by atoms with Gasteiger partial charge in [-0.1, -0.05) is 5.11 Å². The van der Waals surface area contributed by atoms with E-state index in [0.29, 0.717) is 0 Å². The van der Waals surface area contributed by atoms with Gasteiger partial charge >= 0.3 is 5.95 Å². The third-order valence-corrected chi connectivity index (χ3v) is 3.60. The Labute approximate surface area is 145 Å². The van der Waals surface area contributed by atoms with Crippen molar-refractivity contribution in [2.45, 2.75) is 0 Å². The predicted octanol–water partition coefficient (Wildman–Crippen LogP) is 4.69. The van der Waals surface area contributed by atoms with Gasteiger partial charge in [-0.05, 0) is 48.5 Å². The highest BCUT2D eigenvalue weighted by molar-refractivity contribution is 5.48. The monoisotopic (exact) mass is 335 g/mol. The number of hydrogen-bond donors (Lipinski definition) is 0. The molecule has 0 unspecified atom stereocenters. The first kappa shape index (κ1) is 16.5. The Bertz CT molecular complexity index is 875. The van der Waals surface area contributed by atoms with E-state index in [1.807, 2.05) is 84.2 Å². The van der Waals surface area contributed by atoms with Gasteiger partial charge in [0, 0.05) is 5.11 Å². The number of azo groups is 2. The number of hydrogen-bond acceptors (Lipinski definition) is 5. The smallest absolute Gasteiger partial charge is 0.421 e. The Kier molecular flexibility index (Phi) is 4.94. The second-order valence-electron chi connectivity index (χ2n) is 5.43. The molecule has 126 valence electrons. The minimum absolute atomic E-state index is 0.749. The number of benzene rings is 2. The number of aryl methyl sites for hydroxylation is 2. The molecular weight excluding hydrogens is 316 g/mol. The number of methoxy groups -OCH3 is 1. The molecule has 0 saturated heterocycles. The molecule has 0 aliphatic rings. The second-order valence-corrected chi connectivity index (χ2v) is 5.43. The van der Waals surface area contributed by atoms with Gasteiger partial charge in [-0.3, -0.25) is 0 Å². The number of ether oxygens (including phenoxy) is 1. The first-order valence-electron chi connectivity index (χ1n) is 7.74. The topological polar surface area (TPSA) is 67.5 Å². The third-order valence-electron chi connectivity index (χ3n) is 3.60. The molecule has 0 N–H and O–H groups in total. The van der Waals surface area contributed by atoms with E-state index in [1.54, 1.807) is 7.11 Å². The molecule has 3 aromatic rings. The second kappa shape index (κ2) is 7.48. The fourth-order valence-corrected chi connectivity index (χ4v) is 2.18. The van der Waals surface area contributed by atoms with E-state index < -0.39 is 0 Å². The molecule has 7 nitrogen and oxygen atoms in total. The van der Waals surface area contributed by atoms with E-state index in [2.05, 4.69) is 20.5 Å². The summed E-state index contributed by atoms with van der Waals surface area (Å²) in [6.07, 6.45) is 3.86. The molecule has 7 heteroatoms. The Balaban J connectivity index is 1.68. The average Bonchev–Trinajstić information content (AvgIpc) is 2.97. The zero-order chi connectivity index (χ0) is 17.6. The molecule has 1 heterocycles. The summed E-state index contributed by atoms with van der Waals surface area (Å²) in [6.45, 7) is 0. The summed E-state index contributed by atoms with van der Waals surface area (Å²) < 4.78 is 8.92. The van der Waals surface area contributed by atoms with Crippen LogP contribution in [0.3, 0.4) is 0 Å². The molecule has 0 radical (unpaired) electrons. The highest BCUT2D eigenvalue weighted by Gasteiger charge is 2.10. The Morgan fingerprint density at radius 1 is 0.800 bits per heavy atom. The van der Waals surface area contributed by atoms with Gasteiger partial charge in [0.1, 0.15) is 11.4 Å². The van der Waals surface area contributed by atoms with Gasteiger partial charge in [-0.15, -0.1) is 0 Å². The van der Waals surface area contributed by atoms with Crippen LogP contribution < -0.4 is 9.30 Å². The van der Waals surface area contributed by atoms with Crippen LogP contribution in [0.25, 0.3) is 0 Å². The quantitative estimate of drug-likeness (QED) is 0.492. The lowest BCUT2D eigenvalue weighted by Gasteiger charge is -1.98. The maximum atomic E-state index is 5.11. The molecular formula is C18H19N6O+. The van der Waals surface area contributed by atoms with Gasteiger partial charge in [-0.25, -0.2) is 9.13 Å². The van der Waals surface area contributed by atoms with E-state index in [4.69, 9.17) is 4.74 Å². The van der Waals surface area contributed by atoms with Crippen LogP contribution in [0.15, 0.2) is 81.4 Å². The van der Waals surface area contributed by atoms with Crippen molar-refractivity contribution in [3.63, 3.8) is 0 Å². The van der Waals surface area contributed by atoms with E-state index in [9.17, 15) is 0 Å². The summed E-state index contributed by atoms with van der Waals surface area (Å²) >= 11 is 0. The largest absolute Gasteiger partial charge is 0.497 e. The standard InChI is InChI=1S/C18H19N6O/c1-23-12-13-24(2)18(23)22-21-15-6-4-14(5-7-15)19-20-16-8-10-17(25-3)11-9-16/h4-13H,1-3H3/q+1. The zero-order valence-corrected chi connectivity index (χ0v) is 14.4. The zero-order valence-electron chi connectivity index (χ0n) is 14.4. The van der Waals surface area contributed by atoms with E-state index in [1.165, 1.54) is 0 Å². The van der Waals surface area contributed by atoms with E-state index in [-0.39, 0.29) is 0 Å². The summed E-state index contributed by atoms with van der Waals surface area (Å²) in [6, 6.07) is 14.8. The summed E-state index contributed by atoms with van der Waals surface area (Å²) in [5.41, 5.74) is 2.27. The van der Waals surface area contributed by atoms with Gasteiger partial charge in [0.05, 0.1) is 45.0 Å². The molecule has 0 bridgehead atoms. The van der Waals surface area contributed by atoms with Gasteiger partial charge in [0.15, 0.2) is 0 Å². The molecule has 0 saturated carbocycles. The molecule has 0 amide bonds. The fourth-order valence-electron chi connectivity index (χ4n) is 2.18. The van der Waals surface area contributed by atoms with Gasteiger partial charge in [0.2, 0.25) is 0 Å². The summed E-state index contributed by atoms with van der Waals surface area (Å²) in [5.74, 6) is 1.56. The van der Waals surface area contributed by atoms with Crippen LogP contribution in [0, 0.1) is 0 Å². The number of imidazole rings is 1. The van der Waals surface area contributed by atoms with Gasteiger partial charge in [-0.2, -0.15) is 10.2 Å². The van der Waals surface area contributed by atoms with Crippen LogP contribution in [0.4, 0.5) is 23.0 Å². The lowest BCUT2D eigenvalue weighted by Crippen LogP contribution is -2.25. The van der Waals surface area contributed by atoms with E-state index >= 15 is 0 Å². The lowest BCUT2D eigenvalue weighted by molar-refractivity contribution is -0.657. The fraction of sp³-hybridized carbons (Fsp3) is 0.167. The predicted molar refractivity (Wildman–Crippen MR) is 94.4 cm³/mol. The highest BCUT2D eigenvalue weighted by atomic mass is 16.5. The van der Waals surface area contributed by atoms with Crippen molar-refractivity contribution in [1.82, 2.24) is 4.57 Å². The molecule has 0 spiro atoms. The van der Waals surface area contributed by atoms with Crippen LogP contribution in [0.2, 0.25) is 0 Å². The minimum atomic E-state index is 0.749. The third kappa shape index (κ3) is 4.14. The number of aromatic nitrogens is 2. The Hall–Kier alpha value is -3.35. The minimum Gasteiger partial charge on any atom is -0.497 e. The highest BCUT2D eigenvalue weighted by Crippen LogP contribution is 2.23. The summed E-state index contributed by atoms with van der Waals surface area (Å²) in [4.78, 5) is 0. The van der Waals surface area contributed by atoms with Gasteiger partial charge in [0.25, 0.3) is 0 Å². The van der Waals surface area contributed by atoms with Crippen molar-refractivity contribution in [2.24, 2.45) is 34.6 Å². The van der Waals surface area contributed by atoms with Crippen LogP contribution in [-0.4, -0.2) is 11.7 Å². The number of rotatable bonds is 5. The summed E-state index contributed by atoms with van der Waals surface area (Å²) in [5, 5.41) is 16.9. The van der Waals surface area contributed by atoms with Crippen molar-refractivity contribution >= 4 is 23.0 Å². The molecule has 0 aliphatic carbocycles. The molecule has 3 rings (SSSR count). The summed E-state index contributed by atoms with van der Waals surface area (Å²) in [7, 11) is 5.49. The normalized spacial score (nSPS) is 11.5. The van der Waals surface area contributed by atoms with Crippen molar-refractivity contribution < 1.29 is 9.30 Å². The van der Waals surface area contributed by atoms with Crippen LogP contribution >= 0.6 is 0 Å². The average molecular weight is 335 g/mol. The van der Waals surface area contributed by atoms with Crippen LogP contribution in [0.1, 0.15) is 0 Å². The first-order valence-corrected chi connectivity index (χ1v) is 7.74. The molecule has 25 heavy (non-hydrogen) atoms. The number of nitrogens with zero attached hydrogens (tertiary/aromatic N) is 6. The van der Waals surface area contributed by atoms with Gasteiger partial charge < -0.3 is 4.74 Å². The van der Waals surface area contributed by atoms with Crippen molar-refractivity contribution in [2.75, 3.05) is 7.11 Å². The molecule has 1 aromatic heterocycles. The maximum Gasteiger partial charge on any atom is 0.421 e. The Morgan fingerprint density at radius 2 is 1.28 bits per heavy atom. The Morgan fingerprint density at radius 3 is 1.72 bits per heavy atom. The first-order chi connectivity index (χ1) is 12.2. The SMILES string of the molecule is COc1ccc(N=Nc2ccc(N=Nc3n(C)cc[n+]3C)cc2)cc1. The van der Waals surface area contributed by atoms with E-state index in [0.717, 1.165) is 28.8 Å². The van der Waals surface area contributed by atoms with Crippen LogP contribution in [-0.2, 0) is 14.1 Å².